The molecule has 0 bridgehead atoms. The molecular formula is C30H29NO6. The van der Waals surface area contributed by atoms with E-state index in [-0.39, 0.29) is 11.3 Å². The van der Waals surface area contributed by atoms with E-state index in [1.165, 1.54) is 4.90 Å². The van der Waals surface area contributed by atoms with Gasteiger partial charge in [-0.1, -0.05) is 38.1 Å². The van der Waals surface area contributed by atoms with Crippen LogP contribution in [0.5, 0.6) is 17.2 Å². The minimum Gasteiger partial charge on any atom is -0.507 e. The summed E-state index contributed by atoms with van der Waals surface area (Å²) < 4.78 is 16.8. The number of ketones is 1. The number of ether oxygens (including phenoxy) is 3. The monoisotopic (exact) mass is 499 g/mol. The molecule has 0 aliphatic carbocycles. The summed E-state index contributed by atoms with van der Waals surface area (Å²) in [7, 11) is 0. The first kappa shape index (κ1) is 24.4. The number of fused-ring (bicyclic) bond motifs is 1. The Labute approximate surface area is 215 Å². The number of carbonyl (C=O) groups is 2. The highest BCUT2D eigenvalue weighted by Gasteiger charge is 2.47. The average Bonchev–Trinajstić information content (AvgIpc) is 3.18. The summed E-state index contributed by atoms with van der Waals surface area (Å²) >= 11 is 0. The number of Topliss-reactive ketones (excluding diaryl/α,β-unsaturated/α-hetero) is 1. The summed E-state index contributed by atoms with van der Waals surface area (Å²) in [4.78, 5) is 28.3. The van der Waals surface area contributed by atoms with E-state index < -0.39 is 17.7 Å². The van der Waals surface area contributed by atoms with Crippen molar-refractivity contribution in [2.24, 2.45) is 0 Å². The Morgan fingerprint density at radius 1 is 0.973 bits per heavy atom. The van der Waals surface area contributed by atoms with Gasteiger partial charge in [-0.2, -0.15) is 0 Å². The van der Waals surface area contributed by atoms with Crippen molar-refractivity contribution < 1.29 is 28.9 Å². The Morgan fingerprint density at radius 3 is 2.30 bits per heavy atom. The summed E-state index contributed by atoms with van der Waals surface area (Å²) in [5, 5.41) is 11.4. The molecule has 2 aliphatic rings. The first-order valence-electron chi connectivity index (χ1n) is 12.4. The summed E-state index contributed by atoms with van der Waals surface area (Å²) in [6.45, 7) is 7.43. The van der Waals surface area contributed by atoms with Gasteiger partial charge in [0.05, 0.1) is 18.2 Å². The van der Waals surface area contributed by atoms with Crippen LogP contribution in [0.3, 0.4) is 0 Å². The lowest BCUT2D eigenvalue weighted by Crippen LogP contribution is -2.29. The smallest absolute Gasteiger partial charge is 0.300 e. The SMILES string of the molecule is CCOc1ccc(C2/C(=C(/O)c3ccc4c(c3)OCCO4)C(=O)C(=O)N2c2ccc(C(C)C)cc2)cc1. The minimum absolute atomic E-state index is 0.0128. The highest BCUT2D eigenvalue weighted by Crippen LogP contribution is 2.43. The van der Waals surface area contributed by atoms with Crippen LogP contribution in [0.25, 0.3) is 5.76 Å². The van der Waals surface area contributed by atoms with Crippen LogP contribution >= 0.6 is 0 Å². The van der Waals surface area contributed by atoms with Gasteiger partial charge < -0.3 is 19.3 Å². The second-order valence-corrected chi connectivity index (χ2v) is 9.28. The molecule has 5 rings (SSSR count). The molecule has 1 amide bonds. The zero-order valence-electron chi connectivity index (χ0n) is 21.1. The highest BCUT2D eigenvalue weighted by molar-refractivity contribution is 6.51. The first-order chi connectivity index (χ1) is 17.9. The lowest BCUT2D eigenvalue weighted by molar-refractivity contribution is -0.132. The minimum atomic E-state index is -0.825. The Morgan fingerprint density at radius 2 is 1.65 bits per heavy atom. The van der Waals surface area contributed by atoms with Gasteiger partial charge in [0.15, 0.2) is 11.5 Å². The van der Waals surface area contributed by atoms with Crippen molar-refractivity contribution >= 4 is 23.1 Å². The van der Waals surface area contributed by atoms with Gasteiger partial charge in [-0.25, -0.2) is 0 Å². The van der Waals surface area contributed by atoms with Crippen molar-refractivity contribution in [2.45, 2.75) is 32.7 Å². The number of hydrogen-bond acceptors (Lipinski definition) is 6. The molecule has 2 heterocycles. The van der Waals surface area contributed by atoms with Crippen molar-refractivity contribution in [3.05, 3.63) is 89.0 Å². The maximum Gasteiger partial charge on any atom is 0.300 e. The van der Waals surface area contributed by atoms with E-state index in [0.29, 0.717) is 59.8 Å². The number of rotatable bonds is 6. The number of amides is 1. The van der Waals surface area contributed by atoms with Gasteiger partial charge in [0.2, 0.25) is 0 Å². The van der Waals surface area contributed by atoms with Gasteiger partial charge in [0.25, 0.3) is 11.7 Å². The fraction of sp³-hybridized carbons (Fsp3) is 0.267. The molecule has 1 fully saturated rings. The van der Waals surface area contributed by atoms with Crippen molar-refractivity contribution in [2.75, 3.05) is 24.7 Å². The zero-order valence-corrected chi connectivity index (χ0v) is 21.1. The first-order valence-corrected chi connectivity index (χ1v) is 12.4. The number of aliphatic hydroxyl groups excluding tert-OH is 1. The van der Waals surface area contributed by atoms with E-state index in [1.54, 1.807) is 30.3 Å². The van der Waals surface area contributed by atoms with Crippen LogP contribution in [-0.2, 0) is 9.59 Å². The van der Waals surface area contributed by atoms with Crippen LogP contribution in [0.4, 0.5) is 5.69 Å². The molecule has 0 radical (unpaired) electrons. The van der Waals surface area contributed by atoms with Crippen molar-refractivity contribution in [3.63, 3.8) is 0 Å². The van der Waals surface area contributed by atoms with E-state index in [9.17, 15) is 14.7 Å². The van der Waals surface area contributed by atoms with Crippen LogP contribution in [-0.4, -0.2) is 36.6 Å². The molecule has 3 aromatic carbocycles. The second-order valence-electron chi connectivity index (χ2n) is 9.28. The Hall–Kier alpha value is -4.26. The zero-order chi connectivity index (χ0) is 26.1. The molecule has 1 saturated heterocycles. The van der Waals surface area contributed by atoms with Gasteiger partial charge in [0, 0.05) is 11.3 Å². The molecule has 0 aromatic heterocycles. The van der Waals surface area contributed by atoms with Crippen LogP contribution in [0.2, 0.25) is 0 Å². The lowest BCUT2D eigenvalue weighted by atomic mass is 9.94. The van der Waals surface area contributed by atoms with E-state index in [2.05, 4.69) is 13.8 Å². The van der Waals surface area contributed by atoms with Crippen molar-refractivity contribution in [1.82, 2.24) is 0 Å². The summed E-state index contributed by atoms with van der Waals surface area (Å²) in [6, 6.07) is 19.0. The largest absolute Gasteiger partial charge is 0.507 e. The molecule has 1 unspecified atom stereocenters. The molecule has 1 atom stereocenters. The van der Waals surface area contributed by atoms with Gasteiger partial charge in [-0.15, -0.1) is 0 Å². The Balaban J connectivity index is 1.64. The molecule has 37 heavy (non-hydrogen) atoms. The van der Waals surface area contributed by atoms with Crippen LogP contribution < -0.4 is 19.1 Å². The predicted octanol–water partition coefficient (Wildman–Crippen LogP) is 5.61. The normalized spacial score (nSPS) is 18.4. The maximum atomic E-state index is 13.4. The lowest BCUT2D eigenvalue weighted by Gasteiger charge is -2.26. The third-order valence-corrected chi connectivity index (χ3v) is 6.60. The van der Waals surface area contributed by atoms with Gasteiger partial charge in [0.1, 0.15) is 24.7 Å². The molecule has 7 heteroatoms. The number of carbonyl (C=O) groups excluding carboxylic acids is 2. The number of aliphatic hydroxyl groups is 1. The predicted molar refractivity (Wildman–Crippen MR) is 140 cm³/mol. The van der Waals surface area contributed by atoms with Crippen LogP contribution in [0, 0.1) is 0 Å². The molecule has 2 aliphatic heterocycles. The quantitative estimate of drug-likeness (QED) is 0.270. The fourth-order valence-electron chi connectivity index (χ4n) is 4.69. The number of nitrogens with zero attached hydrogens (tertiary/aromatic N) is 1. The van der Waals surface area contributed by atoms with E-state index >= 15 is 0 Å². The Bertz CT molecular complexity index is 1360. The fourth-order valence-corrected chi connectivity index (χ4v) is 4.69. The Kier molecular flexibility index (Phi) is 6.61. The molecule has 190 valence electrons. The molecule has 3 aromatic rings. The third kappa shape index (κ3) is 4.53. The van der Waals surface area contributed by atoms with Crippen LogP contribution in [0.1, 0.15) is 49.4 Å². The maximum absolute atomic E-state index is 13.4. The molecule has 0 spiro atoms. The molecule has 0 saturated carbocycles. The summed E-state index contributed by atoms with van der Waals surface area (Å²) in [6.07, 6.45) is 0. The van der Waals surface area contributed by atoms with Gasteiger partial charge in [-0.05, 0) is 66.4 Å². The second kappa shape index (κ2) is 10.0. The molecular weight excluding hydrogens is 470 g/mol. The van der Waals surface area contributed by atoms with E-state index in [0.717, 1.165) is 5.56 Å². The summed E-state index contributed by atoms with van der Waals surface area (Å²) in [5.41, 5.74) is 2.75. The average molecular weight is 500 g/mol. The third-order valence-electron chi connectivity index (χ3n) is 6.60. The van der Waals surface area contributed by atoms with Gasteiger partial charge in [-0.3, -0.25) is 14.5 Å². The standard InChI is InChI=1S/C30H29NO6/c1-4-35-23-12-7-20(8-13-23)27-26(28(32)21-9-14-24-25(17-21)37-16-15-36-24)29(33)30(34)31(27)22-10-5-19(6-11-22)18(2)3/h5-14,17-18,27,32H,4,15-16H2,1-3H3/b28-26-. The van der Waals surface area contributed by atoms with E-state index in [1.807, 2.05) is 43.3 Å². The highest BCUT2D eigenvalue weighted by atomic mass is 16.6. The number of benzene rings is 3. The van der Waals surface area contributed by atoms with Crippen molar-refractivity contribution in [1.29, 1.82) is 0 Å². The van der Waals surface area contributed by atoms with Crippen molar-refractivity contribution in [3.8, 4) is 17.2 Å². The summed E-state index contributed by atoms with van der Waals surface area (Å²) in [5.74, 6) is 0.325. The molecule has 1 N–H and O–H groups in total. The van der Waals surface area contributed by atoms with Crippen LogP contribution in [0.15, 0.2) is 72.3 Å². The topological polar surface area (TPSA) is 85.3 Å². The number of hydrogen-bond donors (Lipinski definition) is 1. The molecule has 7 nitrogen and oxygen atoms in total. The van der Waals surface area contributed by atoms with E-state index in [4.69, 9.17) is 14.2 Å². The van der Waals surface area contributed by atoms with Gasteiger partial charge >= 0.3 is 0 Å². The number of anilines is 1.